The van der Waals surface area contributed by atoms with Crippen molar-refractivity contribution in [3.63, 3.8) is 0 Å². The zero-order valence-electron chi connectivity index (χ0n) is 8.73. The molecule has 0 rings (SSSR count). The van der Waals surface area contributed by atoms with Gasteiger partial charge in [-0.2, -0.15) is 0 Å². The topological polar surface area (TPSA) is 26.3 Å². The van der Waals surface area contributed by atoms with Crippen LogP contribution < -0.4 is 0 Å². The minimum absolute atomic E-state index is 0.119. The summed E-state index contributed by atoms with van der Waals surface area (Å²) in [5.74, 6) is -0.119. The first-order valence-electron chi connectivity index (χ1n) is 4.96. The average molecular weight is 251 g/mol. The molecule has 0 aromatic rings. The van der Waals surface area contributed by atoms with Gasteiger partial charge < -0.3 is 4.74 Å². The van der Waals surface area contributed by atoms with Crippen LogP contribution in [0.5, 0.6) is 0 Å². The molecule has 0 aliphatic rings. The lowest BCUT2D eigenvalue weighted by Gasteiger charge is -2.23. The van der Waals surface area contributed by atoms with E-state index in [1.165, 1.54) is 0 Å². The van der Waals surface area contributed by atoms with E-state index < -0.39 is 4.32 Å². The molecule has 13 heavy (non-hydrogen) atoms. The molecule has 0 aliphatic heterocycles. The molecule has 1 unspecified atom stereocenters. The van der Waals surface area contributed by atoms with E-state index in [0.717, 1.165) is 25.7 Å². The monoisotopic (exact) mass is 250 g/mol. The summed E-state index contributed by atoms with van der Waals surface area (Å²) in [6.07, 6.45) is 3.80. The van der Waals surface area contributed by atoms with Crippen LogP contribution in [0.3, 0.4) is 0 Å². The number of carbonyl (C=O) groups excluding carboxylic acids is 1. The summed E-state index contributed by atoms with van der Waals surface area (Å²) < 4.78 is 4.56. The highest BCUT2D eigenvalue weighted by Crippen LogP contribution is 2.30. The number of carbonyl (C=O) groups is 1. The van der Waals surface area contributed by atoms with E-state index in [-0.39, 0.29) is 5.97 Å². The van der Waals surface area contributed by atoms with Crippen LogP contribution in [0.25, 0.3) is 0 Å². The van der Waals surface area contributed by atoms with Crippen molar-refractivity contribution < 1.29 is 9.53 Å². The van der Waals surface area contributed by atoms with E-state index in [1.807, 2.05) is 13.8 Å². The molecule has 0 fully saturated rings. The van der Waals surface area contributed by atoms with Gasteiger partial charge in [-0.15, -0.1) is 0 Å². The number of unbranched alkanes of at least 4 members (excludes halogenated alkanes) is 1. The Balaban J connectivity index is 4.16. The molecular weight excluding hydrogens is 232 g/mol. The second-order valence-corrected chi connectivity index (χ2v) is 4.66. The number of hydrogen-bond acceptors (Lipinski definition) is 2. The summed E-state index contributed by atoms with van der Waals surface area (Å²) >= 11 is 3.48. The molecule has 3 heteroatoms. The Labute approximate surface area is 89.2 Å². The molecule has 0 saturated heterocycles. The lowest BCUT2D eigenvalue weighted by molar-refractivity contribution is -0.146. The van der Waals surface area contributed by atoms with Crippen LogP contribution in [0.2, 0.25) is 0 Å². The van der Waals surface area contributed by atoms with Gasteiger partial charge in [0.2, 0.25) is 0 Å². The first-order valence-corrected chi connectivity index (χ1v) is 5.76. The van der Waals surface area contributed by atoms with E-state index in [4.69, 9.17) is 4.74 Å². The molecular formula is C10H19BrO2. The normalized spacial score (nSPS) is 15.1. The third-order valence-electron chi connectivity index (χ3n) is 2.13. The van der Waals surface area contributed by atoms with Gasteiger partial charge in [0.05, 0.1) is 6.61 Å². The van der Waals surface area contributed by atoms with Crippen LogP contribution in [-0.2, 0) is 9.53 Å². The van der Waals surface area contributed by atoms with E-state index in [9.17, 15) is 4.79 Å². The van der Waals surface area contributed by atoms with Crippen LogP contribution in [0.1, 0.15) is 46.5 Å². The molecule has 0 radical (unpaired) electrons. The van der Waals surface area contributed by atoms with Gasteiger partial charge in [0.25, 0.3) is 0 Å². The van der Waals surface area contributed by atoms with Crippen LogP contribution in [0, 0.1) is 0 Å². The predicted molar refractivity (Wildman–Crippen MR) is 58.1 cm³/mol. The van der Waals surface area contributed by atoms with E-state index in [2.05, 4.69) is 22.9 Å². The quantitative estimate of drug-likeness (QED) is 0.535. The number of rotatable bonds is 6. The highest BCUT2D eigenvalue weighted by Gasteiger charge is 2.34. The third-order valence-corrected chi connectivity index (χ3v) is 3.41. The number of ether oxygens (including phenoxy) is 1. The van der Waals surface area contributed by atoms with Crippen LogP contribution in [0.15, 0.2) is 0 Å². The summed E-state index contributed by atoms with van der Waals surface area (Å²) in [4.78, 5) is 11.5. The van der Waals surface area contributed by atoms with Gasteiger partial charge in [0.15, 0.2) is 0 Å². The lowest BCUT2D eigenvalue weighted by Crippen LogP contribution is -2.33. The molecule has 0 aromatic heterocycles. The Morgan fingerprint density at radius 2 is 2.00 bits per heavy atom. The minimum atomic E-state index is -0.445. The van der Waals surface area contributed by atoms with Crippen molar-refractivity contribution in [2.24, 2.45) is 0 Å². The van der Waals surface area contributed by atoms with Crippen molar-refractivity contribution in [3.05, 3.63) is 0 Å². The van der Waals surface area contributed by atoms with Crippen molar-refractivity contribution in [3.8, 4) is 0 Å². The fraction of sp³-hybridized carbons (Fsp3) is 0.900. The van der Waals surface area contributed by atoms with E-state index >= 15 is 0 Å². The number of hydrogen-bond donors (Lipinski definition) is 0. The van der Waals surface area contributed by atoms with Gasteiger partial charge in [-0.05, 0) is 19.8 Å². The van der Waals surface area contributed by atoms with Gasteiger partial charge in [0, 0.05) is 0 Å². The Morgan fingerprint density at radius 3 is 2.38 bits per heavy atom. The molecule has 0 saturated carbocycles. The smallest absolute Gasteiger partial charge is 0.322 e. The standard InChI is InChI=1S/C10H19BrO2/c1-4-7-8-10(11,5-2)9(12)13-6-3/h4-8H2,1-3H3. The van der Waals surface area contributed by atoms with E-state index in [1.54, 1.807) is 0 Å². The first-order chi connectivity index (χ1) is 6.10. The highest BCUT2D eigenvalue weighted by molar-refractivity contribution is 9.10. The summed E-state index contributed by atoms with van der Waals surface area (Å²) in [5, 5.41) is 0. The minimum Gasteiger partial charge on any atom is -0.465 e. The highest BCUT2D eigenvalue weighted by atomic mass is 79.9. The van der Waals surface area contributed by atoms with Gasteiger partial charge in [-0.1, -0.05) is 42.6 Å². The second kappa shape index (κ2) is 6.41. The zero-order chi connectivity index (χ0) is 10.3. The molecule has 0 aliphatic carbocycles. The maximum absolute atomic E-state index is 11.5. The van der Waals surface area contributed by atoms with Crippen LogP contribution in [0.4, 0.5) is 0 Å². The maximum atomic E-state index is 11.5. The summed E-state index contributed by atoms with van der Waals surface area (Å²) in [6.45, 7) is 6.41. The molecule has 1 atom stereocenters. The van der Waals surface area contributed by atoms with Gasteiger partial charge >= 0.3 is 5.97 Å². The summed E-state index contributed by atoms with van der Waals surface area (Å²) in [7, 11) is 0. The second-order valence-electron chi connectivity index (χ2n) is 3.14. The largest absolute Gasteiger partial charge is 0.465 e. The fourth-order valence-electron chi connectivity index (χ4n) is 1.14. The van der Waals surface area contributed by atoms with Crippen molar-refractivity contribution in [2.75, 3.05) is 6.61 Å². The molecule has 2 nitrogen and oxygen atoms in total. The van der Waals surface area contributed by atoms with Gasteiger partial charge in [-0.3, -0.25) is 4.79 Å². The molecule has 0 N–H and O–H groups in total. The Morgan fingerprint density at radius 1 is 1.38 bits per heavy atom. The maximum Gasteiger partial charge on any atom is 0.322 e. The molecule has 0 heterocycles. The number of halogens is 1. The van der Waals surface area contributed by atoms with Gasteiger partial charge in [0.1, 0.15) is 4.32 Å². The predicted octanol–water partition coefficient (Wildman–Crippen LogP) is 3.28. The average Bonchev–Trinajstić information content (AvgIpc) is 2.14. The van der Waals surface area contributed by atoms with Crippen LogP contribution in [-0.4, -0.2) is 16.9 Å². The van der Waals surface area contributed by atoms with Crippen molar-refractivity contribution in [2.45, 2.75) is 50.8 Å². The fourth-order valence-corrected chi connectivity index (χ4v) is 1.54. The van der Waals surface area contributed by atoms with Crippen LogP contribution >= 0.6 is 15.9 Å². The third kappa shape index (κ3) is 4.12. The molecule has 0 amide bonds. The molecule has 78 valence electrons. The number of alkyl halides is 1. The number of esters is 1. The molecule has 0 spiro atoms. The van der Waals surface area contributed by atoms with E-state index in [0.29, 0.717) is 6.61 Å². The Kier molecular flexibility index (Phi) is 6.39. The molecule has 0 bridgehead atoms. The summed E-state index contributed by atoms with van der Waals surface area (Å²) in [6, 6.07) is 0. The zero-order valence-corrected chi connectivity index (χ0v) is 10.3. The van der Waals surface area contributed by atoms with Crippen molar-refractivity contribution in [1.29, 1.82) is 0 Å². The summed E-state index contributed by atoms with van der Waals surface area (Å²) in [5.41, 5.74) is 0. The SMILES string of the molecule is CCCCC(Br)(CC)C(=O)OCC. The Hall–Kier alpha value is -0.0500. The first kappa shape index (κ1) is 12.9. The molecule has 0 aromatic carbocycles. The van der Waals surface area contributed by atoms with Crippen molar-refractivity contribution in [1.82, 2.24) is 0 Å². The van der Waals surface area contributed by atoms with Crippen molar-refractivity contribution >= 4 is 21.9 Å². The van der Waals surface area contributed by atoms with Gasteiger partial charge in [-0.25, -0.2) is 0 Å². The lowest BCUT2D eigenvalue weighted by atomic mass is 9.99. The Bertz CT molecular complexity index is 159.